The molecule has 3 aromatic rings. The highest BCUT2D eigenvalue weighted by molar-refractivity contribution is 9.10. The van der Waals surface area contributed by atoms with Crippen LogP contribution in [0, 0.1) is 5.92 Å². The van der Waals surface area contributed by atoms with E-state index in [-0.39, 0.29) is 17.9 Å². The third kappa shape index (κ3) is 6.54. The van der Waals surface area contributed by atoms with Crippen molar-refractivity contribution in [2.45, 2.75) is 38.3 Å². The molecule has 9 nitrogen and oxygen atoms in total. The number of aromatic amines is 1. The summed E-state index contributed by atoms with van der Waals surface area (Å²) >= 11 is 3.50. The Morgan fingerprint density at radius 3 is 2.53 bits per heavy atom. The van der Waals surface area contributed by atoms with Gasteiger partial charge in [0.05, 0.1) is 11.4 Å². The zero-order valence-electron chi connectivity index (χ0n) is 21.3. The highest BCUT2D eigenvalue weighted by atomic mass is 79.9. The lowest BCUT2D eigenvalue weighted by Crippen LogP contribution is -2.47. The number of carbonyl (C=O) groups is 2. The molecule has 2 amide bonds. The van der Waals surface area contributed by atoms with Crippen molar-refractivity contribution in [1.29, 1.82) is 0 Å². The third-order valence-corrected chi connectivity index (χ3v) is 7.92. The maximum Gasteiger partial charge on any atom is 0.272 e. The number of H-pyrrole nitrogens is 1. The van der Waals surface area contributed by atoms with Crippen molar-refractivity contribution in [3.8, 4) is 0 Å². The molecule has 2 aliphatic heterocycles. The molecule has 0 bridgehead atoms. The standard InChI is InChI=1S/C28H34BrN7O2/c29-21-3-4-23(25(17-21)34-27(37)24-2-1-10-31-24)33-22-8-14-36(15-9-22)28(38)20-6-12-35(13-7-20)18-19-5-11-32-26(30)16-19/h1-5,10-11,16-17,20,22,31,33H,6-9,12-15,18H2,(H2,30,32)(H,34,37). The maximum absolute atomic E-state index is 13.3. The van der Waals surface area contributed by atoms with E-state index in [0.717, 1.165) is 79.8 Å². The number of pyridine rings is 1. The Hall–Kier alpha value is -3.37. The number of hydrogen-bond acceptors (Lipinski definition) is 6. The van der Waals surface area contributed by atoms with Gasteiger partial charge in [0.1, 0.15) is 11.5 Å². The van der Waals surface area contributed by atoms with Crippen LogP contribution in [0.15, 0.2) is 59.3 Å². The number of anilines is 3. The van der Waals surface area contributed by atoms with Crippen LogP contribution in [-0.4, -0.2) is 63.8 Å². The Kier molecular flexibility index (Phi) is 8.29. The molecule has 0 spiro atoms. The number of nitrogen functional groups attached to an aromatic ring is 1. The van der Waals surface area contributed by atoms with E-state index < -0.39 is 0 Å². The predicted octanol–water partition coefficient (Wildman–Crippen LogP) is 4.32. The van der Waals surface area contributed by atoms with E-state index in [9.17, 15) is 9.59 Å². The average molecular weight is 581 g/mol. The summed E-state index contributed by atoms with van der Waals surface area (Å²) < 4.78 is 0.890. The van der Waals surface area contributed by atoms with E-state index in [1.807, 2.05) is 35.2 Å². The molecule has 1 aromatic carbocycles. The van der Waals surface area contributed by atoms with Crippen LogP contribution in [-0.2, 0) is 11.3 Å². The molecule has 0 saturated carbocycles. The number of nitrogens with zero attached hydrogens (tertiary/aromatic N) is 3. The lowest BCUT2D eigenvalue weighted by Gasteiger charge is -2.37. The first kappa shape index (κ1) is 26.2. The second-order valence-electron chi connectivity index (χ2n) is 10.1. The number of nitrogens with two attached hydrogens (primary N) is 1. The molecular weight excluding hydrogens is 546 g/mol. The number of rotatable bonds is 7. The van der Waals surface area contributed by atoms with Crippen molar-refractivity contribution in [3.05, 3.63) is 70.6 Å². The zero-order chi connectivity index (χ0) is 26.5. The summed E-state index contributed by atoms with van der Waals surface area (Å²) in [5.74, 6) is 0.744. The van der Waals surface area contributed by atoms with Gasteiger partial charge in [0, 0.05) is 48.5 Å². The van der Waals surface area contributed by atoms with Gasteiger partial charge in [0.15, 0.2) is 0 Å². The number of piperidine rings is 2. The number of amides is 2. The van der Waals surface area contributed by atoms with Gasteiger partial charge in [-0.3, -0.25) is 14.5 Å². The average Bonchev–Trinajstić information content (AvgIpc) is 3.46. The summed E-state index contributed by atoms with van der Waals surface area (Å²) in [4.78, 5) is 37.3. The number of carbonyl (C=O) groups excluding carboxylic acids is 2. The Bertz CT molecular complexity index is 1250. The SMILES string of the molecule is Nc1cc(CN2CCC(C(=O)N3CCC(Nc4ccc(Br)cc4NC(=O)c4ccc[nH]4)CC3)CC2)ccn1. The summed E-state index contributed by atoms with van der Waals surface area (Å²) in [5.41, 5.74) is 9.08. The largest absolute Gasteiger partial charge is 0.384 e. The lowest BCUT2D eigenvalue weighted by molar-refractivity contribution is -0.138. The smallest absolute Gasteiger partial charge is 0.272 e. The molecule has 10 heteroatoms. The van der Waals surface area contributed by atoms with E-state index in [1.165, 1.54) is 0 Å². The van der Waals surface area contributed by atoms with E-state index in [4.69, 9.17) is 5.73 Å². The lowest BCUT2D eigenvalue weighted by atomic mass is 9.93. The second kappa shape index (κ2) is 12.0. The fraction of sp³-hybridized carbons (Fsp3) is 0.393. The summed E-state index contributed by atoms with van der Waals surface area (Å²) in [7, 11) is 0. The van der Waals surface area contributed by atoms with Crippen LogP contribution in [0.5, 0.6) is 0 Å². The summed E-state index contributed by atoms with van der Waals surface area (Å²) in [5, 5.41) is 6.59. The van der Waals surface area contributed by atoms with Crippen molar-refractivity contribution >= 4 is 44.9 Å². The predicted molar refractivity (Wildman–Crippen MR) is 153 cm³/mol. The molecule has 2 saturated heterocycles. The third-order valence-electron chi connectivity index (χ3n) is 7.43. The minimum Gasteiger partial charge on any atom is -0.384 e. The first-order chi connectivity index (χ1) is 18.4. The number of benzene rings is 1. The van der Waals surface area contributed by atoms with Crippen LogP contribution >= 0.6 is 15.9 Å². The fourth-order valence-corrected chi connectivity index (χ4v) is 5.68. The quantitative estimate of drug-likeness (QED) is 0.331. The minimum absolute atomic E-state index is 0.0968. The van der Waals surface area contributed by atoms with Crippen molar-refractivity contribution in [2.75, 3.05) is 42.5 Å². The van der Waals surface area contributed by atoms with Gasteiger partial charge in [0.2, 0.25) is 5.91 Å². The maximum atomic E-state index is 13.3. The van der Waals surface area contributed by atoms with Crippen LogP contribution in [0.1, 0.15) is 41.7 Å². The van der Waals surface area contributed by atoms with Gasteiger partial charge in [-0.15, -0.1) is 0 Å². The molecule has 0 atom stereocenters. The zero-order valence-corrected chi connectivity index (χ0v) is 22.9. The van der Waals surface area contributed by atoms with E-state index in [0.29, 0.717) is 17.4 Å². The van der Waals surface area contributed by atoms with Crippen molar-refractivity contribution in [2.24, 2.45) is 5.92 Å². The van der Waals surface area contributed by atoms with Crippen LogP contribution in [0.3, 0.4) is 0 Å². The van der Waals surface area contributed by atoms with Gasteiger partial charge < -0.3 is 26.3 Å². The second-order valence-corrected chi connectivity index (χ2v) is 11.0. The molecule has 38 heavy (non-hydrogen) atoms. The Morgan fingerprint density at radius 2 is 1.82 bits per heavy atom. The molecule has 2 aliphatic rings. The molecule has 2 aromatic heterocycles. The van der Waals surface area contributed by atoms with Crippen LogP contribution < -0.4 is 16.4 Å². The number of aromatic nitrogens is 2. The van der Waals surface area contributed by atoms with Crippen LogP contribution in [0.25, 0.3) is 0 Å². The van der Waals surface area contributed by atoms with Crippen molar-refractivity contribution in [1.82, 2.24) is 19.8 Å². The first-order valence-electron chi connectivity index (χ1n) is 13.2. The van der Waals surface area contributed by atoms with Crippen molar-refractivity contribution < 1.29 is 9.59 Å². The van der Waals surface area contributed by atoms with Crippen molar-refractivity contribution in [3.63, 3.8) is 0 Å². The van der Waals surface area contributed by atoms with E-state index in [2.05, 4.69) is 41.4 Å². The summed E-state index contributed by atoms with van der Waals surface area (Å²) in [6.45, 7) is 4.16. The topological polar surface area (TPSA) is 119 Å². The fourth-order valence-electron chi connectivity index (χ4n) is 5.32. The molecule has 0 unspecified atom stereocenters. The van der Waals surface area contributed by atoms with Gasteiger partial charge >= 0.3 is 0 Å². The highest BCUT2D eigenvalue weighted by Crippen LogP contribution is 2.29. The molecule has 200 valence electrons. The molecule has 4 heterocycles. The molecule has 2 fully saturated rings. The molecular formula is C28H34BrN7O2. The summed E-state index contributed by atoms with van der Waals surface area (Å²) in [6.07, 6.45) is 6.99. The van der Waals surface area contributed by atoms with Gasteiger partial charge in [-0.1, -0.05) is 15.9 Å². The minimum atomic E-state index is -0.187. The Balaban J connectivity index is 1.10. The Labute approximate surface area is 231 Å². The number of nitrogens with one attached hydrogen (secondary N) is 3. The van der Waals surface area contributed by atoms with E-state index >= 15 is 0 Å². The first-order valence-corrected chi connectivity index (χ1v) is 14.0. The number of halogens is 1. The van der Waals surface area contributed by atoms with E-state index in [1.54, 1.807) is 24.5 Å². The van der Waals surface area contributed by atoms with Crippen LogP contribution in [0.2, 0.25) is 0 Å². The Morgan fingerprint density at radius 1 is 1.03 bits per heavy atom. The molecule has 0 radical (unpaired) electrons. The van der Waals surface area contributed by atoms with Gasteiger partial charge in [-0.25, -0.2) is 4.98 Å². The summed E-state index contributed by atoms with van der Waals surface area (Å²) in [6, 6.07) is 13.5. The highest BCUT2D eigenvalue weighted by Gasteiger charge is 2.31. The molecule has 0 aliphatic carbocycles. The van der Waals surface area contributed by atoms with Gasteiger partial charge in [-0.2, -0.15) is 0 Å². The van der Waals surface area contributed by atoms with Gasteiger partial charge in [-0.05, 0) is 86.8 Å². The molecule has 5 N–H and O–H groups in total. The number of hydrogen-bond donors (Lipinski definition) is 4. The van der Waals surface area contributed by atoms with Gasteiger partial charge in [0.25, 0.3) is 5.91 Å². The normalized spacial score (nSPS) is 17.3. The van der Waals surface area contributed by atoms with Crippen LogP contribution in [0.4, 0.5) is 17.2 Å². The monoisotopic (exact) mass is 579 g/mol. The molecule has 5 rings (SSSR count). The number of likely N-dealkylation sites (tertiary alicyclic amines) is 2.